The number of benzene rings is 1. The highest BCUT2D eigenvalue weighted by molar-refractivity contribution is 6.42. The van der Waals surface area contributed by atoms with Gasteiger partial charge in [0.25, 0.3) is 5.91 Å². The Morgan fingerprint density at radius 3 is 2.71 bits per heavy atom. The summed E-state index contributed by atoms with van der Waals surface area (Å²) in [7, 11) is 0. The van der Waals surface area contributed by atoms with Gasteiger partial charge in [0.15, 0.2) is 0 Å². The first-order valence-corrected chi connectivity index (χ1v) is 5.85. The van der Waals surface area contributed by atoms with Crippen molar-refractivity contribution in [2.75, 3.05) is 11.9 Å². The number of carbonyl (C=O) groups excluding carboxylic acids is 1. The summed E-state index contributed by atoms with van der Waals surface area (Å²) in [5.41, 5.74) is 0.588. The molecule has 0 unspecified atom stereocenters. The SMILES string of the molecule is CCO/C(C)=C\C(=O)Nc1ccc(Cl)c(Cl)c1. The average molecular weight is 274 g/mol. The van der Waals surface area contributed by atoms with Gasteiger partial charge in [-0.15, -0.1) is 0 Å². The van der Waals surface area contributed by atoms with Gasteiger partial charge in [-0.05, 0) is 32.0 Å². The van der Waals surface area contributed by atoms with E-state index >= 15 is 0 Å². The minimum Gasteiger partial charge on any atom is -0.498 e. The van der Waals surface area contributed by atoms with E-state index in [9.17, 15) is 4.79 Å². The van der Waals surface area contributed by atoms with Crippen LogP contribution in [0.4, 0.5) is 5.69 Å². The van der Waals surface area contributed by atoms with Crippen molar-refractivity contribution in [2.24, 2.45) is 0 Å². The number of anilines is 1. The van der Waals surface area contributed by atoms with E-state index in [-0.39, 0.29) is 5.91 Å². The van der Waals surface area contributed by atoms with Crippen molar-refractivity contribution in [1.82, 2.24) is 0 Å². The number of hydrogen-bond acceptors (Lipinski definition) is 2. The first-order chi connectivity index (χ1) is 8.02. The molecule has 0 aliphatic heterocycles. The topological polar surface area (TPSA) is 38.3 Å². The molecule has 1 aromatic carbocycles. The molecule has 0 atom stereocenters. The molecule has 0 bridgehead atoms. The fraction of sp³-hybridized carbons (Fsp3) is 0.250. The third kappa shape index (κ3) is 4.67. The summed E-state index contributed by atoms with van der Waals surface area (Å²) < 4.78 is 5.15. The zero-order valence-electron chi connectivity index (χ0n) is 9.59. The minimum atomic E-state index is -0.269. The molecule has 0 saturated heterocycles. The van der Waals surface area contributed by atoms with Gasteiger partial charge in [0.1, 0.15) is 0 Å². The number of rotatable bonds is 4. The van der Waals surface area contributed by atoms with Gasteiger partial charge in [-0.3, -0.25) is 4.79 Å². The van der Waals surface area contributed by atoms with Crippen molar-refractivity contribution in [1.29, 1.82) is 0 Å². The van der Waals surface area contributed by atoms with Crippen molar-refractivity contribution < 1.29 is 9.53 Å². The molecule has 5 heteroatoms. The lowest BCUT2D eigenvalue weighted by atomic mass is 10.3. The quantitative estimate of drug-likeness (QED) is 0.668. The first kappa shape index (κ1) is 13.9. The van der Waals surface area contributed by atoms with Crippen molar-refractivity contribution in [3.8, 4) is 0 Å². The Bertz CT molecular complexity index is 444. The van der Waals surface area contributed by atoms with Gasteiger partial charge in [-0.1, -0.05) is 23.2 Å². The van der Waals surface area contributed by atoms with E-state index in [1.807, 2.05) is 6.92 Å². The normalized spacial score (nSPS) is 11.2. The molecule has 0 radical (unpaired) electrons. The molecule has 0 saturated carbocycles. The summed E-state index contributed by atoms with van der Waals surface area (Å²) in [6.07, 6.45) is 1.38. The second-order valence-corrected chi connectivity index (χ2v) is 4.12. The molecule has 92 valence electrons. The second kappa shape index (κ2) is 6.52. The molecule has 0 aliphatic rings. The van der Waals surface area contributed by atoms with Crippen LogP contribution in [0.25, 0.3) is 0 Å². The monoisotopic (exact) mass is 273 g/mol. The van der Waals surface area contributed by atoms with Crippen molar-refractivity contribution in [3.05, 3.63) is 40.1 Å². The lowest BCUT2D eigenvalue weighted by Gasteiger charge is -2.05. The van der Waals surface area contributed by atoms with E-state index in [1.54, 1.807) is 25.1 Å². The van der Waals surface area contributed by atoms with Gasteiger partial charge in [0.2, 0.25) is 0 Å². The fourth-order valence-electron chi connectivity index (χ4n) is 1.21. The van der Waals surface area contributed by atoms with Gasteiger partial charge in [0, 0.05) is 11.8 Å². The second-order valence-electron chi connectivity index (χ2n) is 3.31. The molecule has 1 amide bonds. The van der Waals surface area contributed by atoms with Crippen LogP contribution in [0.15, 0.2) is 30.0 Å². The number of halogens is 2. The van der Waals surface area contributed by atoms with Crippen LogP contribution in [0.1, 0.15) is 13.8 Å². The highest BCUT2D eigenvalue weighted by atomic mass is 35.5. The van der Waals surface area contributed by atoms with Crippen LogP contribution in [-0.2, 0) is 9.53 Å². The molecular weight excluding hydrogens is 261 g/mol. The number of amides is 1. The third-order valence-corrected chi connectivity index (χ3v) is 2.63. The molecule has 0 aromatic heterocycles. The zero-order chi connectivity index (χ0) is 12.8. The van der Waals surface area contributed by atoms with Gasteiger partial charge >= 0.3 is 0 Å². The van der Waals surface area contributed by atoms with E-state index in [2.05, 4.69) is 5.32 Å². The fourth-order valence-corrected chi connectivity index (χ4v) is 1.50. The lowest BCUT2D eigenvalue weighted by Crippen LogP contribution is -2.09. The summed E-state index contributed by atoms with van der Waals surface area (Å²) >= 11 is 11.6. The van der Waals surface area contributed by atoms with Gasteiger partial charge in [0.05, 0.1) is 22.4 Å². The molecule has 17 heavy (non-hydrogen) atoms. The van der Waals surface area contributed by atoms with Gasteiger partial charge in [-0.2, -0.15) is 0 Å². The molecule has 1 N–H and O–H groups in total. The third-order valence-electron chi connectivity index (χ3n) is 1.89. The number of allylic oxidation sites excluding steroid dienone is 1. The highest BCUT2D eigenvalue weighted by Crippen LogP contribution is 2.24. The Labute approximate surface area is 110 Å². The van der Waals surface area contributed by atoms with Crippen LogP contribution in [0, 0.1) is 0 Å². The Hall–Kier alpha value is -1.19. The predicted octanol–water partition coefficient (Wildman–Crippen LogP) is 3.87. The maximum atomic E-state index is 11.6. The van der Waals surface area contributed by atoms with E-state index in [0.717, 1.165) is 0 Å². The molecule has 3 nitrogen and oxygen atoms in total. The first-order valence-electron chi connectivity index (χ1n) is 5.10. The summed E-state index contributed by atoms with van der Waals surface area (Å²) in [5, 5.41) is 3.51. The molecular formula is C12H13Cl2NO2. The largest absolute Gasteiger partial charge is 0.498 e. The Kier molecular flexibility index (Phi) is 5.32. The average Bonchev–Trinajstić information content (AvgIpc) is 2.23. The molecule has 0 fully saturated rings. The number of carbonyl (C=O) groups is 1. The van der Waals surface area contributed by atoms with Gasteiger partial charge < -0.3 is 10.1 Å². The molecule has 0 heterocycles. The maximum absolute atomic E-state index is 11.6. The van der Waals surface area contributed by atoms with E-state index in [0.29, 0.717) is 28.1 Å². The van der Waals surface area contributed by atoms with Crippen LogP contribution in [0.3, 0.4) is 0 Å². The Morgan fingerprint density at radius 2 is 2.12 bits per heavy atom. The molecule has 0 aliphatic carbocycles. The standard InChI is InChI=1S/C12H13Cl2NO2/c1-3-17-8(2)6-12(16)15-9-4-5-10(13)11(14)7-9/h4-7H,3H2,1-2H3,(H,15,16)/b8-6-. The van der Waals surface area contributed by atoms with Crippen LogP contribution >= 0.6 is 23.2 Å². The Balaban J connectivity index is 2.68. The summed E-state index contributed by atoms with van der Waals surface area (Å²) in [6, 6.07) is 4.89. The zero-order valence-corrected chi connectivity index (χ0v) is 11.1. The van der Waals surface area contributed by atoms with Crippen molar-refractivity contribution >= 4 is 34.8 Å². The van der Waals surface area contributed by atoms with Crippen LogP contribution in [0.5, 0.6) is 0 Å². The smallest absolute Gasteiger partial charge is 0.251 e. The summed E-state index contributed by atoms with van der Waals surface area (Å²) in [6.45, 7) is 4.11. The highest BCUT2D eigenvalue weighted by Gasteiger charge is 2.03. The van der Waals surface area contributed by atoms with Gasteiger partial charge in [-0.25, -0.2) is 0 Å². The van der Waals surface area contributed by atoms with Crippen LogP contribution < -0.4 is 5.32 Å². The molecule has 0 spiro atoms. The number of hydrogen-bond donors (Lipinski definition) is 1. The molecule has 1 aromatic rings. The van der Waals surface area contributed by atoms with Crippen molar-refractivity contribution in [2.45, 2.75) is 13.8 Å². The Morgan fingerprint density at radius 1 is 1.41 bits per heavy atom. The maximum Gasteiger partial charge on any atom is 0.251 e. The van der Waals surface area contributed by atoms with Crippen LogP contribution in [0.2, 0.25) is 10.0 Å². The van der Waals surface area contributed by atoms with Crippen LogP contribution in [-0.4, -0.2) is 12.5 Å². The lowest BCUT2D eigenvalue weighted by molar-refractivity contribution is -0.112. The molecule has 1 rings (SSSR count). The van der Waals surface area contributed by atoms with E-state index < -0.39 is 0 Å². The predicted molar refractivity (Wildman–Crippen MR) is 70.5 cm³/mol. The minimum absolute atomic E-state index is 0.269. The van der Waals surface area contributed by atoms with E-state index in [4.69, 9.17) is 27.9 Å². The van der Waals surface area contributed by atoms with E-state index in [1.165, 1.54) is 6.08 Å². The number of ether oxygens (including phenoxy) is 1. The number of nitrogens with one attached hydrogen (secondary N) is 1. The van der Waals surface area contributed by atoms with Crippen molar-refractivity contribution in [3.63, 3.8) is 0 Å². The summed E-state index contributed by atoms with van der Waals surface area (Å²) in [4.78, 5) is 11.6. The summed E-state index contributed by atoms with van der Waals surface area (Å²) in [5.74, 6) is 0.291.